The highest BCUT2D eigenvalue weighted by Gasteiger charge is 2.17. The van der Waals surface area contributed by atoms with E-state index in [0.29, 0.717) is 22.7 Å². The molecule has 1 fully saturated rings. The van der Waals surface area contributed by atoms with E-state index in [9.17, 15) is 4.79 Å². The minimum Gasteiger partial charge on any atom is -0.338 e. The summed E-state index contributed by atoms with van der Waals surface area (Å²) in [6.07, 6.45) is 6.56. The van der Waals surface area contributed by atoms with Gasteiger partial charge in [0.2, 0.25) is 5.13 Å². The van der Waals surface area contributed by atoms with Crippen LogP contribution in [0.25, 0.3) is 10.7 Å². The SMILES string of the molecule is CC1CCCCN1CCCNC(=O)Nc1nnc(-c2ccccn2)s1. The predicted octanol–water partition coefficient (Wildman–Crippen LogP) is 2.99. The number of carbonyl (C=O) groups is 1. The molecule has 8 heteroatoms. The Morgan fingerprint density at radius 3 is 3.08 bits per heavy atom. The topological polar surface area (TPSA) is 83.0 Å². The molecule has 1 unspecified atom stereocenters. The molecule has 3 rings (SSSR count). The molecule has 0 saturated carbocycles. The van der Waals surface area contributed by atoms with Crippen LogP contribution in [0.1, 0.15) is 32.6 Å². The Morgan fingerprint density at radius 1 is 1.36 bits per heavy atom. The molecule has 25 heavy (non-hydrogen) atoms. The van der Waals surface area contributed by atoms with E-state index in [1.165, 1.54) is 37.1 Å². The summed E-state index contributed by atoms with van der Waals surface area (Å²) in [5, 5.41) is 14.8. The van der Waals surface area contributed by atoms with Crippen molar-refractivity contribution in [2.75, 3.05) is 25.0 Å². The van der Waals surface area contributed by atoms with Gasteiger partial charge >= 0.3 is 6.03 Å². The maximum Gasteiger partial charge on any atom is 0.321 e. The fourth-order valence-electron chi connectivity index (χ4n) is 2.98. The third-order valence-corrected chi connectivity index (χ3v) is 5.24. The largest absolute Gasteiger partial charge is 0.338 e. The first-order valence-corrected chi connectivity index (χ1v) is 9.58. The molecule has 1 aliphatic heterocycles. The van der Waals surface area contributed by atoms with Gasteiger partial charge in [-0.25, -0.2) is 4.79 Å². The number of carbonyl (C=O) groups excluding carboxylic acids is 1. The number of nitrogens with one attached hydrogen (secondary N) is 2. The fourth-order valence-corrected chi connectivity index (χ4v) is 3.70. The van der Waals surface area contributed by atoms with Crippen molar-refractivity contribution in [3.05, 3.63) is 24.4 Å². The van der Waals surface area contributed by atoms with Crippen molar-refractivity contribution < 1.29 is 4.79 Å². The highest BCUT2D eigenvalue weighted by molar-refractivity contribution is 7.18. The molecule has 0 aromatic carbocycles. The second-order valence-electron chi connectivity index (χ2n) is 6.24. The smallest absolute Gasteiger partial charge is 0.321 e. The van der Waals surface area contributed by atoms with Gasteiger partial charge in [0.15, 0.2) is 5.01 Å². The van der Waals surface area contributed by atoms with E-state index in [2.05, 4.69) is 37.6 Å². The van der Waals surface area contributed by atoms with Gasteiger partial charge in [-0.2, -0.15) is 0 Å². The standard InChI is InChI=1S/C17H24N6OS/c1-13-7-3-5-11-23(13)12-6-10-19-16(24)20-17-22-21-15(25-17)14-8-2-4-9-18-14/h2,4,8-9,13H,3,5-7,10-12H2,1H3,(H2,19,20,22,24). The Hall–Kier alpha value is -2.06. The van der Waals surface area contributed by atoms with Gasteiger partial charge in [0.25, 0.3) is 0 Å². The Balaban J connectivity index is 1.39. The summed E-state index contributed by atoms with van der Waals surface area (Å²) in [4.78, 5) is 18.7. The number of pyridine rings is 1. The fraction of sp³-hybridized carbons (Fsp3) is 0.529. The second-order valence-corrected chi connectivity index (χ2v) is 7.22. The van der Waals surface area contributed by atoms with Crippen molar-refractivity contribution in [3.63, 3.8) is 0 Å². The molecule has 3 heterocycles. The van der Waals surface area contributed by atoms with Crippen molar-refractivity contribution in [2.45, 2.75) is 38.6 Å². The van der Waals surface area contributed by atoms with Crippen molar-refractivity contribution in [2.24, 2.45) is 0 Å². The maximum atomic E-state index is 12.0. The van der Waals surface area contributed by atoms with Gasteiger partial charge in [-0.15, -0.1) is 10.2 Å². The lowest BCUT2D eigenvalue weighted by Gasteiger charge is -2.33. The van der Waals surface area contributed by atoms with E-state index in [1.54, 1.807) is 6.20 Å². The third-order valence-electron chi connectivity index (χ3n) is 4.38. The lowest BCUT2D eigenvalue weighted by Crippen LogP contribution is -2.39. The lowest BCUT2D eigenvalue weighted by atomic mass is 10.0. The third kappa shape index (κ3) is 5.20. The van der Waals surface area contributed by atoms with Gasteiger partial charge in [0.05, 0.1) is 0 Å². The molecule has 0 aliphatic carbocycles. The Bertz CT molecular complexity index is 677. The summed E-state index contributed by atoms with van der Waals surface area (Å²) < 4.78 is 0. The van der Waals surface area contributed by atoms with Crippen molar-refractivity contribution in [1.82, 2.24) is 25.4 Å². The molecule has 1 aliphatic rings. The van der Waals surface area contributed by atoms with Gasteiger partial charge in [-0.3, -0.25) is 10.3 Å². The zero-order valence-electron chi connectivity index (χ0n) is 14.4. The molecule has 2 N–H and O–H groups in total. The zero-order chi connectivity index (χ0) is 17.5. The molecule has 0 radical (unpaired) electrons. The van der Waals surface area contributed by atoms with E-state index in [-0.39, 0.29) is 6.03 Å². The average molecular weight is 360 g/mol. The van der Waals surface area contributed by atoms with E-state index >= 15 is 0 Å². The van der Waals surface area contributed by atoms with Crippen LogP contribution in [0.2, 0.25) is 0 Å². The minimum atomic E-state index is -0.240. The molecule has 2 amide bonds. The van der Waals surface area contributed by atoms with Crippen molar-refractivity contribution in [3.8, 4) is 10.7 Å². The van der Waals surface area contributed by atoms with Crippen LogP contribution < -0.4 is 10.6 Å². The number of piperidine rings is 1. The summed E-state index contributed by atoms with van der Waals surface area (Å²) in [5.41, 5.74) is 0.754. The average Bonchev–Trinajstić information content (AvgIpc) is 3.09. The number of rotatable bonds is 6. The van der Waals surface area contributed by atoms with E-state index in [0.717, 1.165) is 18.7 Å². The minimum absolute atomic E-state index is 0.240. The second kappa shape index (κ2) is 8.87. The summed E-state index contributed by atoms with van der Waals surface area (Å²) in [5.74, 6) is 0. The number of anilines is 1. The van der Waals surface area contributed by atoms with E-state index < -0.39 is 0 Å². The van der Waals surface area contributed by atoms with Crippen LogP contribution in [0, 0.1) is 0 Å². The predicted molar refractivity (Wildman–Crippen MR) is 99.7 cm³/mol. The normalized spacial score (nSPS) is 18.0. The first kappa shape index (κ1) is 17.8. The van der Waals surface area contributed by atoms with Crippen LogP contribution in [-0.4, -0.2) is 51.8 Å². The molecule has 2 aromatic rings. The van der Waals surface area contributed by atoms with Crippen LogP contribution in [0.3, 0.4) is 0 Å². The Morgan fingerprint density at radius 2 is 2.28 bits per heavy atom. The van der Waals surface area contributed by atoms with Gasteiger partial charge in [-0.1, -0.05) is 23.8 Å². The first-order valence-electron chi connectivity index (χ1n) is 8.76. The number of aromatic nitrogens is 3. The van der Waals surface area contributed by atoms with Crippen molar-refractivity contribution >= 4 is 22.5 Å². The molecular formula is C17H24N6OS. The molecule has 0 bridgehead atoms. The number of urea groups is 1. The molecule has 2 aromatic heterocycles. The number of hydrogen-bond donors (Lipinski definition) is 2. The van der Waals surface area contributed by atoms with Crippen molar-refractivity contribution in [1.29, 1.82) is 0 Å². The van der Waals surface area contributed by atoms with Gasteiger partial charge < -0.3 is 10.2 Å². The molecule has 1 saturated heterocycles. The lowest BCUT2D eigenvalue weighted by molar-refractivity contribution is 0.159. The Kier molecular flexibility index (Phi) is 6.30. The number of amides is 2. The van der Waals surface area contributed by atoms with Crippen LogP contribution in [0.4, 0.5) is 9.93 Å². The van der Waals surface area contributed by atoms with Crippen LogP contribution >= 0.6 is 11.3 Å². The van der Waals surface area contributed by atoms with Gasteiger partial charge in [0.1, 0.15) is 5.69 Å². The summed E-state index contributed by atoms with van der Waals surface area (Å²) in [7, 11) is 0. The van der Waals surface area contributed by atoms with Crippen LogP contribution in [0.15, 0.2) is 24.4 Å². The summed E-state index contributed by atoms with van der Waals surface area (Å²) >= 11 is 1.31. The molecule has 134 valence electrons. The van der Waals surface area contributed by atoms with Gasteiger partial charge in [0, 0.05) is 25.3 Å². The number of hydrogen-bond acceptors (Lipinski definition) is 6. The zero-order valence-corrected chi connectivity index (χ0v) is 15.3. The quantitative estimate of drug-likeness (QED) is 0.774. The van der Waals surface area contributed by atoms with Crippen LogP contribution in [-0.2, 0) is 0 Å². The molecule has 0 spiro atoms. The first-order chi connectivity index (χ1) is 12.2. The molecular weight excluding hydrogens is 336 g/mol. The number of nitrogens with zero attached hydrogens (tertiary/aromatic N) is 4. The monoisotopic (exact) mass is 360 g/mol. The van der Waals surface area contributed by atoms with E-state index in [1.807, 2.05) is 18.2 Å². The Labute approximate surface area is 151 Å². The van der Waals surface area contributed by atoms with Crippen LogP contribution in [0.5, 0.6) is 0 Å². The summed E-state index contributed by atoms with van der Waals surface area (Å²) in [6, 6.07) is 6.03. The molecule has 7 nitrogen and oxygen atoms in total. The maximum absolute atomic E-state index is 12.0. The number of likely N-dealkylation sites (tertiary alicyclic amines) is 1. The summed E-state index contributed by atoms with van der Waals surface area (Å²) in [6.45, 7) is 5.15. The van der Waals surface area contributed by atoms with Gasteiger partial charge in [-0.05, 0) is 44.9 Å². The molecule has 1 atom stereocenters. The highest BCUT2D eigenvalue weighted by Crippen LogP contribution is 2.24. The highest BCUT2D eigenvalue weighted by atomic mass is 32.1. The van der Waals surface area contributed by atoms with E-state index in [4.69, 9.17) is 0 Å².